The highest BCUT2D eigenvalue weighted by Gasteiger charge is 2.37. The predicted octanol–water partition coefficient (Wildman–Crippen LogP) is 1.35. The first-order chi connectivity index (χ1) is 9.86. The number of aliphatic hydroxyl groups is 1. The molecule has 0 bridgehead atoms. The van der Waals surface area contributed by atoms with E-state index in [1.54, 1.807) is 25.0 Å². The van der Waals surface area contributed by atoms with Crippen molar-refractivity contribution in [1.82, 2.24) is 4.90 Å². The Bertz CT molecular complexity index is 508. The second-order valence-corrected chi connectivity index (χ2v) is 6.02. The number of rotatable bonds is 4. The lowest BCUT2D eigenvalue weighted by atomic mass is 10.0. The number of aryl methyl sites for hydroxylation is 1. The normalized spacial score (nSPS) is 21.6. The first kappa shape index (κ1) is 16.0. The average molecular weight is 297 g/mol. The summed E-state index contributed by atoms with van der Waals surface area (Å²) in [7, 11) is 1.61. The second-order valence-electron chi connectivity index (χ2n) is 6.02. The highest BCUT2D eigenvalue weighted by molar-refractivity contribution is 5.93. The monoisotopic (exact) mass is 297 g/mol. The Morgan fingerprint density at radius 3 is 2.86 bits per heavy atom. The number of ether oxygens (including phenoxy) is 2. The van der Waals surface area contributed by atoms with Gasteiger partial charge in [-0.3, -0.25) is 4.79 Å². The molecule has 6 nitrogen and oxygen atoms in total. The Morgan fingerprint density at radius 1 is 1.57 bits per heavy atom. The quantitative estimate of drug-likeness (QED) is 0.908. The van der Waals surface area contributed by atoms with E-state index in [2.05, 4.69) is 0 Å². The number of methoxy groups -OCH3 is 1. The van der Waals surface area contributed by atoms with Crippen molar-refractivity contribution in [3.63, 3.8) is 0 Å². The lowest BCUT2D eigenvalue weighted by Gasteiger charge is -2.42. The summed E-state index contributed by atoms with van der Waals surface area (Å²) in [6.45, 7) is 6.87. The van der Waals surface area contributed by atoms with E-state index in [0.717, 1.165) is 5.56 Å². The van der Waals surface area contributed by atoms with Crippen LogP contribution in [0.15, 0.2) is 10.5 Å². The van der Waals surface area contributed by atoms with Crippen molar-refractivity contribution in [3.8, 4) is 0 Å². The molecule has 1 aliphatic heterocycles. The minimum absolute atomic E-state index is 0.157. The van der Waals surface area contributed by atoms with E-state index in [4.69, 9.17) is 19.0 Å². The first-order valence-electron chi connectivity index (χ1n) is 7.02. The zero-order chi connectivity index (χ0) is 15.6. The molecule has 1 saturated heterocycles. The van der Waals surface area contributed by atoms with Crippen molar-refractivity contribution in [3.05, 3.63) is 23.2 Å². The zero-order valence-corrected chi connectivity index (χ0v) is 13.0. The van der Waals surface area contributed by atoms with Crippen LogP contribution in [-0.2, 0) is 16.1 Å². The molecular formula is C15H23NO5. The van der Waals surface area contributed by atoms with Crippen LogP contribution in [0.1, 0.15) is 35.7 Å². The number of aliphatic hydroxyl groups excluding tert-OH is 1. The van der Waals surface area contributed by atoms with Crippen LogP contribution < -0.4 is 0 Å². The van der Waals surface area contributed by atoms with Crippen LogP contribution >= 0.6 is 0 Å². The van der Waals surface area contributed by atoms with Crippen LogP contribution in [0.5, 0.6) is 0 Å². The van der Waals surface area contributed by atoms with Gasteiger partial charge in [-0.25, -0.2) is 0 Å². The van der Waals surface area contributed by atoms with Crippen molar-refractivity contribution in [1.29, 1.82) is 0 Å². The van der Waals surface area contributed by atoms with E-state index in [-0.39, 0.29) is 24.4 Å². The van der Waals surface area contributed by atoms with Gasteiger partial charge >= 0.3 is 0 Å². The van der Waals surface area contributed by atoms with Crippen molar-refractivity contribution in [2.75, 3.05) is 26.8 Å². The number of hydrogen-bond donors (Lipinski definition) is 1. The fourth-order valence-electron chi connectivity index (χ4n) is 2.70. The molecule has 0 saturated carbocycles. The molecule has 1 N–H and O–H groups in total. The number of amides is 1. The van der Waals surface area contributed by atoms with Crippen LogP contribution in [0, 0.1) is 6.92 Å². The van der Waals surface area contributed by atoms with Gasteiger partial charge in [0.25, 0.3) is 5.91 Å². The highest BCUT2D eigenvalue weighted by atomic mass is 16.5. The SMILES string of the molecule is COCC1CN(C(=O)c2oc(CO)cc2C)CC(C)(C)O1. The van der Waals surface area contributed by atoms with Gasteiger partial charge in [0.1, 0.15) is 12.4 Å². The molecule has 2 rings (SSSR count). The Labute approximate surface area is 124 Å². The maximum atomic E-state index is 12.6. The average Bonchev–Trinajstić information content (AvgIpc) is 2.77. The molecular weight excluding hydrogens is 274 g/mol. The molecule has 21 heavy (non-hydrogen) atoms. The summed E-state index contributed by atoms with van der Waals surface area (Å²) in [5, 5.41) is 9.11. The summed E-state index contributed by atoms with van der Waals surface area (Å²) in [6.07, 6.45) is -0.157. The Balaban J connectivity index is 2.18. The largest absolute Gasteiger partial charge is 0.453 e. The van der Waals surface area contributed by atoms with E-state index in [1.165, 1.54) is 0 Å². The molecule has 0 spiro atoms. The van der Waals surface area contributed by atoms with Gasteiger partial charge in [0.2, 0.25) is 0 Å². The summed E-state index contributed by atoms with van der Waals surface area (Å²) in [6, 6.07) is 1.69. The van der Waals surface area contributed by atoms with Gasteiger partial charge < -0.3 is 23.9 Å². The van der Waals surface area contributed by atoms with E-state index in [9.17, 15) is 4.79 Å². The number of morpholine rings is 1. The molecule has 2 heterocycles. The maximum absolute atomic E-state index is 12.6. The van der Waals surface area contributed by atoms with Crippen LogP contribution in [0.25, 0.3) is 0 Å². The molecule has 1 amide bonds. The fraction of sp³-hybridized carbons (Fsp3) is 0.667. The molecule has 0 radical (unpaired) electrons. The molecule has 1 fully saturated rings. The topological polar surface area (TPSA) is 72.1 Å². The van der Waals surface area contributed by atoms with E-state index in [0.29, 0.717) is 25.5 Å². The third kappa shape index (κ3) is 3.64. The summed E-state index contributed by atoms with van der Waals surface area (Å²) in [5.41, 5.74) is 0.300. The molecule has 1 aromatic heterocycles. The number of carbonyl (C=O) groups excluding carboxylic acids is 1. The van der Waals surface area contributed by atoms with Crippen molar-refractivity contribution >= 4 is 5.91 Å². The Hall–Kier alpha value is -1.37. The van der Waals surface area contributed by atoms with Gasteiger partial charge in [0.15, 0.2) is 5.76 Å². The number of nitrogens with zero attached hydrogens (tertiary/aromatic N) is 1. The Kier molecular flexibility index (Phi) is 4.70. The van der Waals surface area contributed by atoms with Crippen LogP contribution in [0.4, 0.5) is 0 Å². The van der Waals surface area contributed by atoms with E-state index < -0.39 is 5.60 Å². The summed E-state index contributed by atoms with van der Waals surface area (Å²) in [5.74, 6) is 0.509. The third-order valence-corrected chi connectivity index (χ3v) is 3.44. The zero-order valence-electron chi connectivity index (χ0n) is 13.0. The van der Waals surface area contributed by atoms with Crippen LogP contribution in [0.3, 0.4) is 0 Å². The standard InChI is InChI=1S/C15H23NO5/c1-10-5-11(7-17)20-13(10)14(18)16-6-12(8-19-4)21-15(2,3)9-16/h5,12,17H,6-9H2,1-4H3. The lowest BCUT2D eigenvalue weighted by Crippen LogP contribution is -2.55. The molecule has 118 valence electrons. The van der Waals surface area contributed by atoms with Gasteiger partial charge in [0, 0.05) is 25.8 Å². The van der Waals surface area contributed by atoms with Gasteiger partial charge in [-0.1, -0.05) is 0 Å². The first-order valence-corrected chi connectivity index (χ1v) is 7.02. The summed E-state index contributed by atoms with van der Waals surface area (Å²) < 4.78 is 16.5. The van der Waals surface area contributed by atoms with E-state index >= 15 is 0 Å². The minimum Gasteiger partial charge on any atom is -0.453 e. The predicted molar refractivity (Wildman–Crippen MR) is 76.1 cm³/mol. The van der Waals surface area contributed by atoms with Crippen molar-refractivity contribution in [2.24, 2.45) is 0 Å². The summed E-state index contributed by atoms with van der Waals surface area (Å²) in [4.78, 5) is 14.4. The van der Waals surface area contributed by atoms with Crippen molar-refractivity contribution < 1.29 is 23.8 Å². The molecule has 0 aliphatic carbocycles. The van der Waals surface area contributed by atoms with Gasteiger partial charge in [-0.05, 0) is 26.8 Å². The minimum atomic E-state index is -0.433. The van der Waals surface area contributed by atoms with Gasteiger partial charge in [0.05, 0.1) is 18.3 Å². The Morgan fingerprint density at radius 2 is 2.29 bits per heavy atom. The fourth-order valence-corrected chi connectivity index (χ4v) is 2.70. The highest BCUT2D eigenvalue weighted by Crippen LogP contribution is 2.24. The molecule has 1 unspecified atom stereocenters. The van der Waals surface area contributed by atoms with Crippen LogP contribution in [-0.4, -0.2) is 54.4 Å². The van der Waals surface area contributed by atoms with Crippen molar-refractivity contribution in [2.45, 2.75) is 39.1 Å². The number of carbonyl (C=O) groups is 1. The number of furan rings is 1. The molecule has 1 aliphatic rings. The van der Waals surface area contributed by atoms with E-state index in [1.807, 2.05) is 13.8 Å². The maximum Gasteiger partial charge on any atom is 0.290 e. The molecule has 0 aromatic carbocycles. The molecule has 1 aromatic rings. The van der Waals surface area contributed by atoms with Crippen LogP contribution in [0.2, 0.25) is 0 Å². The third-order valence-electron chi connectivity index (χ3n) is 3.44. The molecule has 6 heteroatoms. The lowest BCUT2D eigenvalue weighted by molar-refractivity contribution is -0.143. The summed E-state index contributed by atoms with van der Waals surface area (Å²) >= 11 is 0. The smallest absolute Gasteiger partial charge is 0.290 e. The molecule has 1 atom stereocenters. The second kappa shape index (κ2) is 6.17. The number of hydrogen-bond acceptors (Lipinski definition) is 5. The van der Waals surface area contributed by atoms with Gasteiger partial charge in [-0.2, -0.15) is 0 Å². The van der Waals surface area contributed by atoms with Gasteiger partial charge in [-0.15, -0.1) is 0 Å².